The van der Waals surface area contributed by atoms with Gasteiger partial charge in [-0.2, -0.15) is 13.2 Å². The lowest BCUT2D eigenvalue weighted by atomic mass is 9.74. The first kappa shape index (κ1) is 23.9. The molecule has 34 heavy (non-hydrogen) atoms. The number of para-hydroxylation sites is 1. The number of alkyl halides is 3. The van der Waals surface area contributed by atoms with Crippen molar-refractivity contribution >= 4 is 10.9 Å². The van der Waals surface area contributed by atoms with Crippen LogP contribution in [0.2, 0.25) is 0 Å². The highest BCUT2D eigenvalue weighted by atomic mass is 19.4. The lowest BCUT2D eigenvalue weighted by Crippen LogP contribution is -2.52. The summed E-state index contributed by atoms with van der Waals surface area (Å²) in [5.41, 5.74) is -2.86. The van der Waals surface area contributed by atoms with Gasteiger partial charge in [0, 0.05) is 30.1 Å². The molecule has 3 aromatic rings. The van der Waals surface area contributed by atoms with Gasteiger partial charge in [-0.05, 0) is 35.6 Å². The maximum absolute atomic E-state index is 14.3. The normalized spacial score (nSPS) is 17.3. The summed E-state index contributed by atoms with van der Waals surface area (Å²) < 4.78 is 55.3. The molecule has 0 amide bonds. The van der Waals surface area contributed by atoms with E-state index >= 15 is 0 Å². The molecular weight excluding hydrogens is 447 g/mol. The maximum Gasteiger partial charge on any atom is 0.418 e. The first-order valence-corrected chi connectivity index (χ1v) is 10.8. The first-order chi connectivity index (χ1) is 15.8. The van der Waals surface area contributed by atoms with Crippen LogP contribution in [0.3, 0.4) is 0 Å². The molecule has 4 rings (SSSR count). The summed E-state index contributed by atoms with van der Waals surface area (Å²) in [6.45, 7) is 4.27. The van der Waals surface area contributed by atoms with E-state index < -0.39 is 35.9 Å². The van der Waals surface area contributed by atoms with Crippen LogP contribution in [0.4, 0.5) is 13.2 Å². The van der Waals surface area contributed by atoms with E-state index in [4.69, 9.17) is 9.47 Å². The average molecular weight is 473 g/mol. The van der Waals surface area contributed by atoms with Gasteiger partial charge in [-0.15, -0.1) is 0 Å². The molecule has 0 aliphatic carbocycles. The number of ether oxygens (including phenoxy) is 2. The quantitative estimate of drug-likeness (QED) is 0.524. The first-order valence-electron chi connectivity index (χ1n) is 10.8. The number of pyridine rings is 1. The molecule has 2 heterocycles. The zero-order valence-corrected chi connectivity index (χ0v) is 19.1. The molecule has 1 atom stereocenters. The second-order valence-corrected chi connectivity index (χ2v) is 9.45. The Morgan fingerprint density at radius 3 is 2.35 bits per heavy atom. The van der Waals surface area contributed by atoms with Gasteiger partial charge in [0.15, 0.2) is 11.0 Å². The van der Waals surface area contributed by atoms with E-state index in [9.17, 15) is 23.1 Å². The molecule has 0 bridgehead atoms. The number of hydrogen-bond acceptors (Lipinski definition) is 4. The molecule has 2 aromatic carbocycles. The van der Waals surface area contributed by atoms with Crippen molar-refractivity contribution < 1.29 is 27.8 Å². The molecule has 0 fully saturated rings. The number of fused-ring (bicyclic) bond motifs is 1. The third-order valence-corrected chi connectivity index (χ3v) is 6.39. The molecule has 0 radical (unpaired) electrons. The van der Waals surface area contributed by atoms with Crippen LogP contribution in [0, 0.1) is 0 Å². The van der Waals surface area contributed by atoms with Crippen LogP contribution in [0.1, 0.15) is 38.3 Å². The predicted molar refractivity (Wildman–Crippen MR) is 122 cm³/mol. The van der Waals surface area contributed by atoms with Gasteiger partial charge in [-0.25, -0.2) is 0 Å². The van der Waals surface area contributed by atoms with Gasteiger partial charge < -0.3 is 19.1 Å². The van der Waals surface area contributed by atoms with Crippen LogP contribution in [-0.4, -0.2) is 21.5 Å². The summed E-state index contributed by atoms with van der Waals surface area (Å²) in [5.74, 6) is -1.07. The van der Waals surface area contributed by atoms with Crippen molar-refractivity contribution in [1.82, 2.24) is 4.57 Å². The summed E-state index contributed by atoms with van der Waals surface area (Å²) in [6.07, 6.45) is -1.41. The fourth-order valence-electron chi connectivity index (χ4n) is 4.46. The number of aromatic nitrogens is 1. The van der Waals surface area contributed by atoms with Crippen molar-refractivity contribution in [2.75, 3.05) is 0 Å². The van der Waals surface area contributed by atoms with Crippen molar-refractivity contribution in [3.8, 4) is 0 Å². The second kappa shape index (κ2) is 8.20. The van der Waals surface area contributed by atoms with Gasteiger partial charge in [0.05, 0.1) is 12.1 Å². The van der Waals surface area contributed by atoms with E-state index in [1.54, 1.807) is 69.3 Å². The number of rotatable bonds is 6. The van der Waals surface area contributed by atoms with Crippen LogP contribution in [0.15, 0.2) is 78.1 Å². The Bertz CT molecular complexity index is 1290. The maximum atomic E-state index is 14.3. The smallest absolute Gasteiger partial charge is 0.418 e. The predicted octanol–water partition coefficient (Wildman–Crippen LogP) is 5.35. The molecule has 1 unspecified atom stereocenters. The minimum atomic E-state index is -4.92. The van der Waals surface area contributed by atoms with E-state index in [-0.39, 0.29) is 5.43 Å². The molecule has 0 spiro atoms. The van der Waals surface area contributed by atoms with Crippen molar-refractivity contribution in [1.29, 1.82) is 0 Å². The van der Waals surface area contributed by atoms with E-state index in [1.807, 2.05) is 0 Å². The van der Waals surface area contributed by atoms with Gasteiger partial charge in [0.25, 0.3) is 5.79 Å². The third kappa shape index (κ3) is 4.30. The monoisotopic (exact) mass is 473 g/mol. The van der Waals surface area contributed by atoms with E-state index in [2.05, 4.69) is 0 Å². The second-order valence-electron chi connectivity index (χ2n) is 9.45. The minimum absolute atomic E-state index is 0.292. The van der Waals surface area contributed by atoms with Crippen LogP contribution >= 0.6 is 0 Å². The third-order valence-electron chi connectivity index (χ3n) is 6.39. The highest BCUT2D eigenvalue weighted by Crippen LogP contribution is 2.43. The minimum Gasteiger partial charge on any atom is -0.453 e. The summed E-state index contributed by atoms with van der Waals surface area (Å²) in [4.78, 5) is 12.2. The molecule has 8 heteroatoms. The molecule has 0 saturated carbocycles. The number of nitrogens with zero attached hydrogens (tertiary/aromatic N) is 1. The van der Waals surface area contributed by atoms with Crippen LogP contribution in [0.25, 0.3) is 10.9 Å². The topological polar surface area (TPSA) is 60.7 Å². The largest absolute Gasteiger partial charge is 0.453 e. The molecule has 5 nitrogen and oxygen atoms in total. The number of hydrogen-bond donors (Lipinski definition) is 1. The summed E-state index contributed by atoms with van der Waals surface area (Å²) >= 11 is 0. The number of aliphatic hydroxyl groups is 1. The molecule has 1 aromatic heterocycles. The number of halogens is 3. The van der Waals surface area contributed by atoms with Gasteiger partial charge in [0.2, 0.25) is 0 Å². The van der Waals surface area contributed by atoms with Crippen LogP contribution in [0.5, 0.6) is 0 Å². The fourth-order valence-corrected chi connectivity index (χ4v) is 4.46. The SMILES string of the molecule is CC(C)(CC(O)(Cn1ccc(=O)c2ccccc21)C(F)(F)F)c1cccc(C2(C)OC=CO2)c1. The highest BCUT2D eigenvalue weighted by molar-refractivity contribution is 5.78. The standard InChI is InChI=1S/C26H26F3NO4/c1-23(2,18-7-6-8-19(15-18)24(3)33-13-14-34-24)16-25(32,26(27,28)29)17-30-12-11-22(31)20-9-4-5-10-21(20)30/h4-15,32H,16-17H2,1-3H3. The van der Waals surface area contributed by atoms with Crippen molar-refractivity contribution in [3.63, 3.8) is 0 Å². The van der Waals surface area contributed by atoms with Gasteiger partial charge in [-0.3, -0.25) is 4.79 Å². The lowest BCUT2D eigenvalue weighted by molar-refractivity contribution is -0.271. The van der Waals surface area contributed by atoms with Crippen molar-refractivity contribution in [2.24, 2.45) is 0 Å². The summed E-state index contributed by atoms with van der Waals surface area (Å²) in [6, 6.07) is 14.6. The molecule has 1 aliphatic heterocycles. The molecule has 0 saturated heterocycles. The summed E-state index contributed by atoms with van der Waals surface area (Å²) in [7, 11) is 0. The Kier molecular flexibility index (Phi) is 5.76. The van der Waals surface area contributed by atoms with Gasteiger partial charge in [0.1, 0.15) is 12.5 Å². The summed E-state index contributed by atoms with van der Waals surface area (Å²) in [5, 5.41) is 11.4. The molecule has 1 N–H and O–H groups in total. The van der Waals surface area contributed by atoms with Crippen LogP contribution in [-0.2, 0) is 27.2 Å². The van der Waals surface area contributed by atoms with Gasteiger partial charge >= 0.3 is 6.18 Å². The molecular formula is C26H26F3NO4. The fraction of sp³-hybridized carbons (Fsp3) is 0.346. The Morgan fingerprint density at radius 1 is 1.00 bits per heavy atom. The zero-order valence-electron chi connectivity index (χ0n) is 19.1. The Hall–Kier alpha value is -3.26. The zero-order chi connectivity index (χ0) is 24.8. The Morgan fingerprint density at radius 2 is 1.68 bits per heavy atom. The lowest BCUT2D eigenvalue weighted by Gasteiger charge is -2.39. The van der Waals surface area contributed by atoms with Crippen LogP contribution < -0.4 is 5.43 Å². The van der Waals surface area contributed by atoms with Gasteiger partial charge in [-0.1, -0.05) is 44.2 Å². The van der Waals surface area contributed by atoms with Crippen molar-refractivity contribution in [2.45, 2.75) is 56.7 Å². The average Bonchev–Trinajstić information content (AvgIpc) is 3.23. The highest BCUT2D eigenvalue weighted by Gasteiger charge is 2.56. The van der Waals surface area contributed by atoms with E-state index in [0.29, 0.717) is 22.0 Å². The Labute approximate surface area is 195 Å². The van der Waals surface area contributed by atoms with Crippen molar-refractivity contribution in [3.05, 3.63) is 94.7 Å². The van der Waals surface area contributed by atoms with E-state index in [1.165, 1.54) is 29.4 Å². The number of benzene rings is 2. The molecule has 1 aliphatic rings. The van der Waals surface area contributed by atoms with E-state index in [0.717, 1.165) is 0 Å². The Balaban J connectivity index is 1.71. The molecule has 180 valence electrons.